The van der Waals surface area contributed by atoms with Crippen LogP contribution in [-0.4, -0.2) is 25.2 Å². The van der Waals surface area contributed by atoms with Crippen LogP contribution in [0.1, 0.15) is 0 Å². The van der Waals surface area contributed by atoms with Crippen molar-refractivity contribution in [1.82, 2.24) is 25.2 Å². The molecule has 3 aromatic heterocycles. The van der Waals surface area contributed by atoms with Gasteiger partial charge in [-0.2, -0.15) is 5.21 Å². The first-order chi connectivity index (χ1) is 12.3. The van der Waals surface area contributed by atoms with E-state index in [1.54, 1.807) is 0 Å². The number of nitrogens with one attached hydrogen (secondary N) is 1. The topological polar surface area (TPSA) is 89.6 Å². The number of para-hydroxylation sites is 2. The lowest BCUT2D eigenvalue weighted by molar-refractivity contribution is 0.615. The number of H-pyrrole nitrogens is 1. The van der Waals surface area contributed by atoms with Gasteiger partial charge in [-0.1, -0.05) is 30.3 Å². The number of hydrogen-bond acceptors (Lipinski definition) is 5. The molecular weight excluding hydrogens is 318 g/mol. The van der Waals surface area contributed by atoms with Crippen LogP contribution in [0, 0.1) is 0 Å². The van der Waals surface area contributed by atoms with Crippen LogP contribution in [0.25, 0.3) is 39.3 Å². The molecule has 120 valence electrons. The van der Waals surface area contributed by atoms with Crippen molar-refractivity contribution in [2.24, 2.45) is 0 Å². The van der Waals surface area contributed by atoms with E-state index >= 15 is 0 Å². The zero-order valence-corrected chi connectivity index (χ0v) is 12.9. The van der Waals surface area contributed by atoms with E-state index in [1.165, 1.54) is 6.07 Å². The molecule has 2 aromatic carbocycles. The van der Waals surface area contributed by atoms with Gasteiger partial charge in [-0.15, -0.1) is 10.2 Å². The third-order valence-electron chi connectivity index (χ3n) is 4.12. The summed E-state index contributed by atoms with van der Waals surface area (Å²) in [5.41, 5.74) is 2.62. The Morgan fingerprint density at radius 1 is 1.00 bits per heavy atom. The smallest absolute Gasteiger partial charge is 0.239 e. The Morgan fingerprint density at radius 2 is 1.80 bits per heavy atom. The normalized spacial score (nSPS) is 11.4. The predicted octanol–water partition coefficient (Wildman–Crippen LogP) is 2.92. The maximum atomic E-state index is 12.9. The Labute approximate surface area is 140 Å². The van der Waals surface area contributed by atoms with Crippen LogP contribution in [0.2, 0.25) is 0 Å². The predicted molar refractivity (Wildman–Crippen MR) is 92.5 cm³/mol. The van der Waals surface area contributed by atoms with Crippen LogP contribution in [0.5, 0.6) is 0 Å². The van der Waals surface area contributed by atoms with Crippen molar-refractivity contribution in [2.45, 2.75) is 0 Å². The van der Waals surface area contributed by atoms with Gasteiger partial charge in [-0.25, -0.2) is 0 Å². The van der Waals surface area contributed by atoms with Gasteiger partial charge >= 0.3 is 0 Å². The van der Waals surface area contributed by atoms with E-state index in [4.69, 9.17) is 4.42 Å². The van der Waals surface area contributed by atoms with Crippen LogP contribution in [0.15, 0.2) is 69.9 Å². The molecule has 0 bridgehead atoms. The van der Waals surface area contributed by atoms with Crippen molar-refractivity contribution in [3.05, 3.63) is 70.9 Å². The summed E-state index contributed by atoms with van der Waals surface area (Å²) in [7, 11) is 0. The van der Waals surface area contributed by atoms with Crippen molar-refractivity contribution >= 4 is 22.0 Å². The SMILES string of the molecule is O=c1cc(-c2nn[nH]n2)oc2c3ccccc3n(-c3ccccc3)c12. The molecule has 0 unspecified atom stereocenters. The molecule has 3 heterocycles. The van der Waals surface area contributed by atoms with Crippen LogP contribution in [0.4, 0.5) is 0 Å². The van der Waals surface area contributed by atoms with Gasteiger partial charge in [0, 0.05) is 17.1 Å². The van der Waals surface area contributed by atoms with E-state index in [-0.39, 0.29) is 17.0 Å². The van der Waals surface area contributed by atoms with E-state index in [9.17, 15) is 4.79 Å². The summed E-state index contributed by atoms with van der Waals surface area (Å²) in [5.74, 6) is 0.526. The zero-order chi connectivity index (χ0) is 16.8. The van der Waals surface area contributed by atoms with E-state index < -0.39 is 0 Å². The molecular formula is C18H11N5O2. The van der Waals surface area contributed by atoms with Crippen LogP contribution in [-0.2, 0) is 0 Å². The maximum absolute atomic E-state index is 12.9. The number of benzene rings is 2. The van der Waals surface area contributed by atoms with Crippen molar-refractivity contribution in [2.75, 3.05) is 0 Å². The first-order valence-electron chi connectivity index (χ1n) is 7.69. The van der Waals surface area contributed by atoms with Crippen molar-refractivity contribution < 1.29 is 4.42 Å². The Hall–Kier alpha value is -3.74. The van der Waals surface area contributed by atoms with Crippen molar-refractivity contribution in [1.29, 1.82) is 0 Å². The van der Waals surface area contributed by atoms with Gasteiger partial charge in [0.2, 0.25) is 11.3 Å². The molecule has 7 nitrogen and oxygen atoms in total. The maximum Gasteiger partial charge on any atom is 0.239 e. The number of aromatic amines is 1. The lowest BCUT2D eigenvalue weighted by Gasteiger charge is -2.06. The van der Waals surface area contributed by atoms with Gasteiger partial charge in [0.15, 0.2) is 11.3 Å². The van der Waals surface area contributed by atoms with Crippen molar-refractivity contribution in [3.8, 4) is 17.3 Å². The number of fused-ring (bicyclic) bond motifs is 3. The minimum Gasteiger partial charge on any atom is -0.450 e. The molecule has 0 fully saturated rings. The molecule has 0 saturated carbocycles. The molecule has 0 amide bonds. The van der Waals surface area contributed by atoms with Gasteiger partial charge in [0.1, 0.15) is 5.52 Å². The average Bonchev–Trinajstić information content (AvgIpc) is 3.29. The molecule has 0 saturated heterocycles. The molecule has 0 aliphatic heterocycles. The fraction of sp³-hybridized carbons (Fsp3) is 0. The number of hydrogen-bond donors (Lipinski definition) is 1. The lowest BCUT2D eigenvalue weighted by Crippen LogP contribution is -2.06. The highest BCUT2D eigenvalue weighted by molar-refractivity contribution is 6.06. The molecule has 5 aromatic rings. The van der Waals surface area contributed by atoms with Crippen LogP contribution < -0.4 is 5.43 Å². The standard InChI is InChI=1S/C18H11N5O2/c24-14-10-15(18-19-21-22-20-18)25-17-12-8-4-5-9-13(12)23(16(14)17)11-6-2-1-3-7-11/h1-10H,(H,19,20,21,22). The van der Waals surface area contributed by atoms with Gasteiger partial charge in [-0.05, 0) is 29.5 Å². The molecule has 0 spiro atoms. The summed E-state index contributed by atoms with van der Waals surface area (Å²) in [6.45, 7) is 0. The van der Waals surface area contributed by atoms with Gasteiger partial charge in [0.05, 0.1) is 5.52 Å². The van der Waals surface area contributed by atoms with E-state index in [2.05, 4.69) is 20.6 Å². The largest absolute Gasteiger partial charge is 0.450 e. The van der Waals surface area contributed by atoms with Crippen molar-refractivity contribution in [3.63, 3.8) is 0 Å². The summed E-state index contributed by atoms with van der Waals surface area (Å²) >= 11 is 0. The summed E-state index contributed by atoms with van der Waals surface area (Å²) in [5, 5.41) is 14.5. The monoisotopic (exact) mass is 329 g/mol. The summed E-state index contributed by atoms with van der Waals surface area (Å²) in [6.07, 6.45) is 0. The molecule has 1 N–H and O–H groups in total. The fourth-order valence-corrected chi connectivity index (χ4v) is 3.08. The highest BCUT2D eigenvalue weighted by atomic mass is 16.3. The van der Waals surface area contributed by atoms with E-state index in [0.717, 1.165) is 16.6 Å². The van der Waals surface area contributed by atoms with Crippen LogP contribution in [0.3, 0.4) is 0 Å². The summed E-state index contributed by atoms with van der Waals surface area (Å²) < 4.78 is 7.91. The number of tetrazole rings is 1. The van der Waals surface area contributed by atoms with Gasteiger partial charge in [0.25, 0.3) is 0 Å². The first kappa shape index (κ1) is 13.7. The molecule has 0 aliphatic rings. The molecule has 0 atom stereocenters. The second-order valence-corrected chi connectivity index (χ2v) is 5.58. The summed E-state index contributed by atoms with van der Waals surface area (Å²) in [4.78, 5) is 12.9. The average molecular weight is 329 g/mol. The lowest BCUT2D eigenvalue weighted by atomic mass is 10.2. The fourth-order valence-electron chi connectivity index (χ4n) is 3.08. The number of rotatable bonds is 2. The van der Waals surface area contributed by atoms with Crippen LogP contribution >= 0.6 is 0 Å². The minimum atomic E-state index is -0.166. The first-order valence-corrected chi connectivity index (χ1v) is 7.69. The molecule has 5 rings (SSSR count). The molecule has 25 heavy (non-hydrogen) atoms. The minimum absolute atomic E-state index is 0.166. The molecule has 7 heteroatoms. The Kier molecular flexibility index (Phi) is 2.81. The second kappa shape index (κ2) is 5.13. The second-order valence-electron chi connectivity index (χ2n) is 5.58. The quantitative estimate of drug-likeness (QED) is 0.538. The Balaban J connectivity index is 1.96. The number of nitrogens with zero attached hydrogens (tertiary/aromatic N) is 4. The third-order valence-corrected chi connectivity index (χ3v) is 4.12. The highest BCUT2D eigenvalue weighted by Crippen LogP contribution is 2.31. The summed E-state index contributed by atoms with van der Waals surface area (Å²) in [6, 6.07) is 18.9. The molecule has 0 aliphatic carbocycles. The van der Waals surface area contributed by atoms with E-state index in [1.807, 2.05) is 59.2 Å². The Bertz CT molecular complexity index is 1250. The Morgan fingerprint density at radius 3 is 2.60 bits per heavy atom. The zero-order valence-electron chi connectivity index (χ0n) is 12.9. The van der Waals surface area contributed by atoms with Gasteiger partial charge < -0.3 is 8.98 Å². The van der Waals surface area contributed by atoms with Gasteiger partial charge in [-0.3, -0.25) is 4.79 Å². The molecule has 0 radical (unpaired) electrons. The van der Waals surface area contributed by atoms with E-state index in [0.29, 0.717) is 11.1 Å². The number of aromatic nitrogens is 5. The third kappa shape index (κ3) is 1.99. The highest BCUT2D eigenvalue weighted by Gasteiger charge is 2.19.